The molecule has 0 unspecified atom stereocenters. The number of hydrogen-bond acceptors (Lipinski definition) is 6. The molecule has 6 nitrogen and oxygen atoms in total. The van der Waals surface area contributed by atoms with Crippen LogP contribution in [0.2, 0.25) is 0 Å². The zero-order valence-electron chi connectivity index (χ0n) is 12.6. The summed E-state index contributed by atoms with van der Waals surface area (Å²) in [5.74, 6) is 2.15. The molecule has 0 spiro atoms. The summed E-state index contributed by atoms with van der Waals surface area (Å²) < 4.78 is 5.54. The van der Waals surface area contributed by atoms with Crippen LogP contribution in [0.3, 0.4) is 0 Å². The van der Waals surface area contributed by atoms with Crippen LogP contribution in [0.25, 0.3) is 0 Å². The van der Waals surface area contributed by atoms with Crippen molar-refractivity contribution in [3.63, 3.8) is 0 Å². The Balaban J connectivity index is 1.71. The van der Waals surface area contributed by atoms with Crippen LogP contribution in [0.1, 0.15) is 31.5 Å². The number of aromatic nitrogens is 2. The van der Waals surface area contributed by atoms with Crippen molar-refractivity contribution < 1.29 is 9.52 Å². The third-order valence-electron chi connectivity index (χ3n) is 3.91. The molecule has 0 amide bonds. The molecular weight excluding hydrogens is 256 g/mol. The number of nitrogens with zero attached hydrogens (tertiary/aromatic N) is 4. The van der Waals surface area contributed by atoms with Gasteiger partial charge in [0, 0.05) is 19.5 Å². The number of aliphatic hydroxyl groups is 1. The van der Waals surface area contributed by atoms with E-state index in [1.807, 2.05) is 6.92 Å². The maximum Gasteiger partial charge on any atom is 0.230 e. The van der Waals surface area contributed by atoms with Gasteiger partial charge in [-0.25, -0.2) is 0 Å². The van der Waals surface area contributed by atoms with Gasteiger partial charge in [0.1, 0.15) is 0 Å². The number of likely N-dealkylation sites (tertiary alicyclic amines) is 1. The van der Waals surface area contributed by atoms with Gasteiger partial charge in [0.2, 0.25) is 11.8 Å². The van der Waals surface area contributed by atoms with Gasteiger partial charge in [-0.15, -0.1) is 10.2 Å². The molecule has 6 heteroatoms. The highest BCUT2D eigenvalue weighted by Crippen LogP contribution is 2.18. The maximum absolute atomic E-state index is 8.94. The summed E-state index contributed by atoms with van der Waals surface area (Å²) in [6, 6.07) is 0. The van der Waals surface area contributed by atoms with E-state index in [0.29, 0.717) is 11.8 Å². The van der Waals surface area contributed by atoms with Crippen molar-refractivity contribution in [2.45, 2.75) is 32.7 Å². The molecule has 1 N–H and O–H groups in total. The predicted molar refractivity (Wildman–Crippen MR) is 76.3 cm³/mol. The normalized spacial score (nSPS) is 18.0. The SMILES string of the molecule is CCc1nnc(CN(C)CC2CCN(CCO)CC2)o1. The van der Waals surface area contributed by atoms with E-state index in [-0.39, 0.29) is 6.61 Å². The summed E-state index contributed by atoms with van der Waals surface area (Å²) >= 11 is 0. The second-order valence-electron chi connectivity index (χ2n) is 5.65. The van der Waals surface area contributed by atoms with Gasteiger partial charge in [-0.05, 0) is 38.9 Å². The maximum atomic E-state index is 8.94. The summed E-state index contributed by atoms with van der Waals surface area (Å²) in [5.41, 5.74) is 0. The summed E-state index contributed by atoms with van der Waals surface area (Å²) in [7, 11) is 2.11. The lowest BCUT2D eigenvalue weighted by Crippen LogP contribution is -2.38. The lowest BCUT2D eigenvalue weighted by Gasteiger charge is -2.33. The van der Waals surface area contributed by atoms with Crippen LogP contribution in [0.4, 0.5) is 0 Å². The highest BCUT2D eigenvalue weighted by atomic mass is 16.4. The molecule has 2 rings (SSSR count). The van der Waals surface area contributed by atoms with Crippen molar-refractivity contribution in [1.82, 2.24) is 20.0 Å². The van der Waals surface area contributed by atoms with Crippen LogP contribution < -0.4 is 0 Å². The highest BCUT2D eigenvalue weighted by Gasteiger charge is 2.20. The van der Waals surface area contributed by atoms with Crippen LogP contribution in [-0.2, 0) is 13.0 Å². The fraction of sp³-hybridized carbons (Fsp3) is 0.857. The van der Waals surface area contributed by atoms with Crippen LogP contribution in [0.5, 0.6) is 0 Å². The first-order chi connectivity index (χ1) is 9.71. The Morgan fingerprint density at radius 2 is 2.00 bits per heavy atom. The molecule has 1 aliphatic heterocycles. The molecule has 0 bridgehead atoms. The molecule has 1 aromatic rings. The van der Waals surface area contributed by atoms with Gasteiger partial charge in [-0.2, -0.15) is 0 Å². The quantitative estimate of drug-likeness (QED) is 0.797. The van der Waals surface area contributed by atoms with E-state index >= 15 is 0 Å². The van der Waals surface area contributed by atoms with E-state index in [2.05, 4.69) is 27.0 Å². The minimum absolute atomic E-state index is 0.265. The predicted octanol–water partition coefficient (Wildman–Crippen LogP) is 0.768. The molecule has 0 saturated carbocycles. The van der Waals surface area contributed by atoms with Gasteiger partial charge in [-0.1, -0.05) is 6.92 Å². The second kappa shape index (κ2) is 7.71. The Bertz CT molecular complexity index is 388. The van der Waals surface area contributed by atoms with Gasteiger partial charge in [0.05, 0.1) is 13.2 Å². The Hall–Kier alpha value is -0.980. The topological polar surface area (TPSA) is 65.6 Å². The molecule has 2 heterocycles. The number of rotatable bonds is 7. The summed E-state index contributed by atoms with van der Waals surface area (Å²) in [4.78, 5) is 4.60. The van der Waals surface area contributed by atoms with Gasteiger partial charge < -0.3 is 14.4 Å². The molecule has 0 aliphatic carbocycles. The molecule has 0 atom stereocenters. The van der Waals surface area contributed by atoms with Crippen molar-refractivity contribution in [2.24, 2.45) is 5.92 Å². The first kappa shape index (κ1) is 15.4. The minimum Gasteiger partial charge on any atom is -0.424 e. The van der Waals surface area contributed by atoms with Gasteiger partial charge in [-0.3, -0.25) is 4.90 Å². The van der Waals surface area contributed by atoms with Gasteiger partial charge in [0.25, 0.3) is 0 Å². The molecule has 1 fully saturated rings. The first-order valence-electron chi connectivity index (χ1n) is 7.54. The lowest BCUT2D eigenvalue weighted by atomic mass is 9.96. The van der Waals surface area contributed by atoms with E-state index in [0.717, 1.165) is 45.1 Å². The zero-order chi connectivity index (χ0) is 14.4. The Morgan fingerprint density at radius 1 is 1.30 bits per heavy atom. The number of piperidine rings is 1. The lowest BCUT2D eigenvalue weighted by molar-refractivity contribution is 0.127. The van der Waals surface area contributed by atoms with E-state index in [9.17, 15) is 0 Å². The fourth-order valence-corrected chi connectivity index (χ4v) is 2.77. The average Bonchev–Trinajstić information content (AvgIpc) is 2.89. The summed E-state index contributed by atoms with van der Waals surface area (Å²) in [6.45, 7) is 7.08. The monoisotopic (exact) mass is 282 g/mol. The number of hydrogen-bond donors (Lipinski definition) is 1. The molecule has 0 aromatic carbocycles. The van der Waals surface area contributed by atoms with Crippen LogP contribution in [0.15, 0.2) is 4.42 Å². The molecule has 0 radical (unpaired) electrons. The standard InChI is InChI=1S/C14H26N4O2/c1-3-13-15-16-14(20-13)11-17(2)10-12-4-6-18(7-5-12)8-9-19/h12,19H,3-11H2,1-2H3. The average molecular weight is 282 g/mol. The Morgan fingerprint density at radius 3 is 2.60 bits per heavy atom. The summed E-state index contributed by atoms with van der Waals surface area (Å²) in [6.07, 6.45) is 3.20. The fourth-order valence-electron chi connectivity index (χ4n) is 2.77. The molecule has 20 heavy (non-hydrogen) atoms. The molecule has 1 aromatic heterocycles. The van der Waals surface area contributed by atoms with Crippen molar-refractivity contribution >= 4 is 0 Å². The van der Waals surface area contributed by atoms with Crippen molar-refractivity contribution in [3.8, 4) is 0 Å². The Labute approximate surface area is 120 Å². The van der Waals surface area contributed by atoms with E-state index < -0.39 is 0 Å². The second-order valence-corrected chi connectivity index (χ2v) is 5.65. The molecule has 1 aliphatic rings. The van der Waals surface area contributed by atoms with E-state index in [1.54, 1.807) is 0 Å². The molecule has 114 valence electrons. The van der Waals surface area contributed by atoms with Gasteiger partial charge >= 0.3 is 0 Å². The highest BCUT2D eigenvalue weighted by molar-refractivity contribution is 4.82. The first-order valence-corrected chi connectivity index (χ1v) is 7.54. The number of aryl methyl sites for hydroxylation is 1. The van der Waals surface area contributed by atoms with Crippen molar-refractivity contribution in [3.05, 3.63) is 11.8 Å². The van der Waals surface area contributed by atoms with Crippen molar-refractivity contribution in [2.75, 3.05) is 39.8 Å². The van der Waals surface area contributed by atoms with Crippen LogP contribution in [0, 0.1) is 5.92 Å². The molecular formula is C14H26N4O2. The van der Waals surface area contributed by atoms with Gasteiger partial charge in [0.15, 0.2) is 0 Å². The largest absolute Gasteiger partial charge is 0.424 e. The minimum atomic E-state index is 0.265. The third-order valence-corrected chi connectivity index (χ3v) is 3.91. The smallest absolute Gasteiger partial charge is 0.230 e. The molecule has 1 saturated heterocycles. The number of aliphatic hydroxyl groups excluding tert-OH is 1. The van der Waals surface area contributed by atoms with Crippen molar-refractivity contribution in [1.29, 1.82) is 0 Å². The zero-order valence-corrected chi connectivity index (χ0v) is 12.6. The third kappa shape index (κ3) is 4.54. The van der Waals surface area contributed by atoms with Crippen LogP contribution in [-0.4, -0.2) is 64.9 Å². The van der Waals surface area contributed by atoms with E-state index in [1.165, 1.54) is 12.8 Å². The van der Waals surface area contributed by atoms with E-state index in [4.69, 9.17) is 9.52 Å². The number of β-amino-alcohol motifs (C(OH)–C–C–N with tert-alkyl or cyclic N) is 1. The Kier molecular flexibility index (Phi) is 5.94. The summed E-state index contributed by atoms with van der Waals surface area (Å²) in [5, 5.41) is 17.0. The van der Waals surface area contributed by atoms with Crippen LogP contribution >= 0.6 is 0 Å².